The second-order valence-electron chi connectivity index (χ2n) is 8.95. The van der Waals surface area contributed by atoms with Crippen LogP contribution < -0.4 is 15.5 Å². The highest BCUT2D eigenvalue weighted by Gasteiger charge is 2.37. The molecule has 2 atom stereocenters. The lowest BCUT2D eigenvalue weighted by atomic mass is 10.1. The molecule has 35 heavy (non-hydrogen) atoms. The summed E-state index contributed by atoms with van der Waals surface area (Å²) < 4.78 is 11.0. The van der Waals surface area contributed by atoms with Crippen molar-refractivity contribution in [3.8, 4) is 0 Å². The minimum absolute atomic E-state index is 0.00208. The number of hydrogen-bond donors (Lipinski definition) is 2. The van der Waals surface area contributed by atoms with E-state index in [-0.39, 0.29) is 35.1 Å². The van der Waals surface area contributed by atoms with Crippen molar-refractivity contribution < 1.29 is 28.7 Å². The Morgan fingerprint density at radius 1 is 0.800 bits per heavy atom. The second kappa shape index (κ2) is 9.97. The van der Waals surface area contributed by atoms with E-state index >= 15 is 0 Å². The van der Waals surface area contributed by atoms with Gasteiger partial charge in [0.15, 0.2) is 0 Å². The number of rotatable bonds is 7. The Kier molecular flexibility index (Phi) is 6.61. The number of carbonyl (C=O) groups excluding carboxylic acids is 4. The van der Waals surface area contributed by atoms with E-state index in [1.165, 1.54) is 24.3 Å². The molecule has 2 fully saturated rings. The highest BCUT2D eigenvalue weighted by Crippen LogP contribution is 2.29. The van der Waals surface area contributed by atoms with Gasteiger partial charge >= 0.3 is 0 Å². The summed E-state index contributed by atoms with van der Waals surface area (Å²) in [7, 11) is 0. The molecule has 0 radical (unpaired) electrons. The van der Waals surface area contributed by atoms with Crippen LogP contribution in [-0.2, 0) is 9.47 Å². The van der Waals surface area contributed by atoms with Crippen LogP contribution in [0.5, 0.6) is 0 Å². The predicted octanol–water partition coefficient (Wildman–Crippen LogP) is 2.30. The van der Waals surface area contributed by atoms with Gasteiger partial charge in [-0.1, -0.05) is 6.07 Å². The van der Waals surface area contributed by atoms with Crippen LogP contribution in [0.2, 0.25) is 0 Å². The number of imide groups is 1. The first kappa shape index (κ1) is 23.2. The Morgan fingerprint density at radius 2 is 1.40 bits per heavy atom. The highest BCUT2D eigenvalue weighted by molar-refractivity contribution is 6.34. The fourth-order valence-electron chi connectivity index (χ4n) is 4.63. The molecule has 2 aromatic carbocycles. The molecular formula is C26H27N3O6. The third kappa shape index (κ3) is 4.82. The van der Waals surface area contributed by atoms with Gasteiger partial charge in [0.05, 0.1) is 29.0 Å². The summed E-state index contributed by atoms with van der Waals surface area (Å²) in [5, 5.41) is 5.67. The molecule has 2 N–H and O–H groups in total. The monoisotopic (exact) mass is 477 g/mol. The van der Waals surface area contributed by atoms with Crippen molar-refractivity contribution in [2.24, 2.45) is 0 Å². The van der Waals surface area contributed by atoms with E-state index in [2.05, 4.69) is 10.6 Å². The summed E-state index contributed by atoms with van der Waals surface area (Å²) in [6.45, 7) is 2.21. The van der Waals surface area contributed by atoms with Gasteiger partial charge in [-0.2, -0.15) is 0 Å². The lowest BCUT2D eigenvalue weighted by molar-refractivity contribution is 0.0854. The number of nitrogens with one attached hydrogen (secondary N) is 2. The number of carbonyl (C=O) groups is 4. The molecule has 2 aromatic rings. The van der Waals surface area contributed by atoms with E-state index in [9.17, 15) is 19.2 Å². The topological polar surface area (TPSA) is 114 Å². The van der Waals surface area contributed by atoms with E-state index in [1.54, 1.807) is 18.2 Å². The Labute approximate surface area is 202 Å². The normalized spacial score (nSPS) is 21.3. The Hall–Kier alpha value is -3.56. The van der Waals surface area contributed by atoms with E-state index in [4.69, 9.17) is 9.47 Å². The van der Waals surface area contributed by atoms with Crippen molar-refractivity contribution in [2.75, 3.05) is 31.2 Å². The van der Waals surface area contributed by atoms with Crippen molar-refractivity contribution in [3.63, 3.8) is 0 Å². The molecule has 182 valence electrons. The van der Waals surface area contributed by atoms with Crippen molar-refractivity contribution in [3.05, 3.63) is 64.7 Å². The third-order valence-electron chi connectivity index (χ3n) is 6.54. The van der Waals surface area contributed by atoms with Crippen LogP contribution in [0.25, 0.3) is 0 Å². The van der Waals surface area contributed by atoms with Gasteiger partial charge < -0.3 is 20.1 Å². The SMILES string of the molecule is O=C(NC[C@@H]1CCCO1)c1cccc(N2C(=O)c3ccc(C(=O)NC[C@@H]4CCCO4)cc3C2=O)c1. The van der Waals surface area contributed by atoms with Crippen molar-refractivity contribution in [1.82, 2.24) is 10.6 Å². The Bertz CT molecular complexity index is 1170. The molecule has 2 saturated heterocycles. The van der Waals surface area contributed by atoms with Crippen LogP contribution in [0, 0.1) is 0 Å². The Balaban J connectivity index is 1.29. The summed E-state index contributed by atoms with van der Waals surface area (Å²) in [4.78, 5) is 52.4. The summed E-state index contributed by atoms with van der Waals surface area (Å²) in [6, 6.07) is 10.9. The smallest absolute Gasteiger partial charge is 0.266 e. The largest absolute Gasteiger partial charge is 0.376 e. The molecule has 0 aliphatic carbocycles. The van der Waals surface area contributed by atoms with Crippen LogP contribution in [-0.4, -0.2) is 62.1 Å². The molecule has 0 bridgehead atoms. The molecule has 5 rings (SSSR count). The molecule has 4 amide bonds. The van der Waals surface area contributed by atoms with Gasteiger partial charge in [0.1, 0.15) is 0 Å². The summed E-state index contributed by atoms with van der Waals surface area (Å²) >= 11 is 0. The lowest BCUT2D eigenvalue weighted by Crippen LogP contribution is -2.32. The maximum atomic E-state index is 13.2. The maximum Gasteiger partial charge on any atom is 0.266 e. The number of anilines is 1. The number of fused-ring (bicyclic) bond motifs is 1. The maximum absolute atomic E-state index is 13.2. The molecule has 0 spiro atoms. The molecule has 9 heteroatoms. The van der Waals surface area contributed by atoms with Crippen molar-refractivity contribution in [1.29, 1.82) is 0 Å². The molecule has 9 nitrogen and oxygen atoms in total. The minimum Gasteiger partial charge on any atom is -0.376 e. The van der Waals surface area contributed by atoms with Gasteiger partial charge in [-0.15, -0.1) is 0 Å². The molecule has 0 aromatic heterocycles. The number of nitrogens with zero attached hydrogens (tertiary/aromatic N) is 1. The third-order valence-corrected chi connectivity index (χ3v) is 6.54. The van der Waals surface area contributed by atoms with E-state index in [0.717, 1.165) is 30.6 Å². The van der Waals surface area contributed by atoms with E-state index < -0.39 is 11.8 Å². The average Bonchev–Trinajstić information content (AvgIpc) is 3.64. The average molecular weight is 478 g/mol. The molecular weight excluding hydrogens is 450 g/mol. The summed E-state index contributed by atoms with van der Waals surface area (Å²) in [6.07, 6.45) is 3.77. The zero-order valence-electron chi connectivity index (χ0n) is 19.2. The van der Waals surface area contributed by atoms with Crippen molar-refractivity contribution >= 4 is 29.3 Å². The first-order valence-corrected chi connectivity index (χ1v) is 11.9. The fourth-order valence-corrected chi connectivity index (χ4v) is 4.63. The Morgan fingerprint density at radius 3 is 2.00 bits per heavy atom. The molecule has 3 aliphatic heterocycles. The fraction of sp³-hybridized carbons (Fsp3) is 0.385. The quantitative estimate of drug-likeness (QED) is 0.592. The van der Waals surface area contributed by atoms with Crippen LogP contribution in [0.1, 0.15) is 67.1 Å². The van der Waals surface area contributed by atoms with Gasteiger partial charge in [-0.05, 0) is 62.1 Å². The van der Waals surface area contributed by atoms with Crippen LogP contribution >= 0.6 is 0 Å². The van der Waals surface area contributed by atoms with Crippen molar-refractivity contribution in [2.45, 2.75) is 37.9 Å². The van der Waals surface area contributed by atoms with Gasteiger partial charge in [-0.3, -0.25) is 19.2 Å². The molecule has 3 aliphatic rings. The summed E-state index contributed by atoms with van der Waals surface area (Å²) in [5.41, 5.74) is 1.32. The van der Waals surface area contributed by atoms with Gasteiger partial charge in [0, 0.05) is 37.4 Å². The molecule has 0 saturated carbocycles. The number of benzene rings is 2. The zero-order valence-corrected chi connectivity index (χ0v) is 19.2. The second-order valence-corrected chi connectivity index (χ2v) is 8.95. The zero-order chi connectivity index (χ0) is 24.4. The van der Waals surface area contributed by atoms with Gasteiger partial charge in [0.2, 0.25) is 0 Å². The van der Waals surface area contributed by atoms with Crippen LogP contribution in [0.3, 0.4) is 0 Å². The first-order chi connectivity index (χ1) is 17.0. The van der Waals surface area contributed by atoms with E-state index in [1.807, 2.05) is 0 Å². The summed E-state index contributed by atoms with van der Waals surface area (Å²) in [5.74, 6) is -1.65. The van der Waals surface area contributed by atoms with Gasteiger partial charge in [-0.25, -0.2) is 4.90 Å². The molecule has 0 unspecified atom stereocenters. The lowest BCUT2D eigenvalue weighted by Gasteiger charge is -2.15. The number of hydrogen-bond acceptors (Lipinski definition) is 6. The number of ether oxygens (including phenoxy) is 2. The minimum atomic E-state index is -0.532. The van der Waals surface area contributed by atoms with E-state index in [0.29, 0.717) is 43.1 Å². The van der Waals surface area contributed by atoms with Crippen LogP contribution in [0.4, 0.5) is 5.69 Å². The highest BCUT2D eigenvalue weighted by atomic mass is 16.5. The van der Waals surface area contributed by atoms with Gasteiger partial charge in [0.25, 0.3) is 23.6 Å². The molecule has 3 heterocycles. The first-order valence-electron chi connectivity index (χ1n) is 11.9. The predicted molar refractivity (Wildman–Crippen MR) is 127 cm³/mol. The van der Waals surface area contributed by atoms with Crippen LogP contribution in [0.15, 0.2) is 42.5 Å². The number of amides is 4. The standard InChI is InChI=1S/C26H27N3O6/c30-23(27-14-19-6-2-10-34-19)16-4-1-5-18(12-16)29-25(32)21-9-8-17(13-22(21)26(29)33)24(31)28-15-20-7-3-11-35-20/h1,4-5,8-9,12-13,19-20H,2-3,6-7,10-11,14-15H2,(H,27,30)(H,28,31)/t19-,20-/m0/s1.